The number of carbonyl (C=O) groups is 1. The van der Waals surface area contributed by atoms with E-state index in [9.17, 15) is 4.79 Å². The quantitative estimate of drug-likeness (QED) is 0.621. The lowest BCUT2D eigenvalue weighted by atomic mass is 10.3. The highest BCUT2D eigenvalue weighted by molar-refractivity contribution is 7.10. The number of aromatic nitrogens is 4. The second kappa shape index (κ2) is 8.16. The van der Waals surface area contributed by atoms with Gasteiger partial charge in [-0.05, 0) is 38.3 Å². The van der Waals surface area contributed by atoms with Gasteiger partial charge in [0.25, 0.3) is 0 Å². The molecule has 0 spiro atoms. The predicted octanol–water partition coefficient (Wildman–Crippen LogP) is 3.01. The smallest absolute Gasteiger partial charge is 0.246 e. The molecule has 0 unspecified atom stereocenters. The molecule has 0 atom stereocenters. The second-order valence-electron chi connectivity index (χ2n) is 7.08. The van der Waals surface area contributed by atoms with Crippen LogP contribution < -0.4 is 4.90 Å². The Morgan fingerprint density at radius 2 is 1.86 bits per heavy atom. The lowest BCUT2D eigenvalue weighted by molar-refractivity contribution is -0.126. The van der Waals surface area contributed by atoms with Crippen LogP contribution in [0.5, 0.6) is 0 Å². The van der Waals surface area contributed by atoms with Crippen LogP contribution in [-0.4, -0.2) is 56.5 Å². The molecule has 0 radical (unpaired) electrons. The first-order chi connectivity index (χ1) is 14.0. The highest BCUT2D eigenvalue weighted by Crippen LogP contribution is 2.20. The molecule has 0 aliphatic carbocycles. The number of amides is 1. The Bertz CT molecular complexity index is 1030. The Labute approximate surface area is 174 Å². The lowest BCUT2D eigenvalue weighted by Crippen LogP contribution is -2.48. The first-order valence-electron chi connectivity index (χ1n) is 9.63. The van der Waals surface area contributed by atoms with Crippen LogP contribution >= 0.6 is 11.3 Å². The average molecular weight is 409 g/mol. The van der Waals surface area contributed by atoms with Crippen molar-refractivity contribution in [3.63, 3.8) is 0 Å². The van der Waals surface area contributed by atoms with Crippen molar-refractivity contribution < 1.29 is 4.79 Å². The van der Waals surface area contributed by atoms with Crippen molar-refractivity contribution in [3.05, 3.63) is 58.1 Å². The molecule has 150 valence electrons. The Kier molecular flexibility index (Phi) is 5.44. The molecule has 7 nitrogen and oxygen atoms in total. The van der Waals surface area contributed by atoms with Crippen LogP contribution in [0.1, 0.15) is 22.1 Å². The Hall–Kier alpha value is -3.00. The topological polar surface area (TPSA) is 67.2 Å². The fourth-order valence-corrected chi connectivity index (χ4v) is 3.97. The fourth-order valence-electron chi connectivity index (χ4n) is 3.35. The van der Waals surface area contributed by atoms with E-state index in [0.717, 1.165) is 46.8 Å². The van der Waals surface area contributed by atoms with E-state index in [2.05, 4.69) is 19.9 Å². The number of nitrogens with zero attached hydrogens (tertiary/aromatic N) is 6. The van der Waals surface area contributed by atoms with Crippen molar-refractivity contribution in [2.45, 2.75) is 20.8 Å². The summed E-state index contributed by atoms with van der Waals surface area (Å²) in [5.41, 5.74) is 2.06. The lowest BCUT2D eigenvalue weighted by Gasteiger charge is -2.35. The minimum absolute atomic E-state index is 0.0575. The van der Waals surface area contributed by atoms with Crippen molar-refractivity contribution >= 4 is 29.1 Å². The number of rotatable bonds is 4. The van der Waals surface area contributed by atoms with Crippen LogP contribution in [0.2, 0.25) is 0 Å². The molecule has 0 aromatic carbocycles. The first-order valence-corrected chi connectivity index (χ1v) is 10.5. The summed E-state index contributed by atoms with van der Waals surface area (Å²) in [6.07, 6.45) is 5.35. The SMILES string of the molecule is Cc1nc(N2CCN(C(=O)/C=C/c3cccs3)CC2)cc(-n2cnc(C)c2C)n1. The maximum atomic E-state index is 12.5. The van der Waals surface area contributed by atoms with Gasteiger partial charge in [0.2, 0.25) is 5.91 Å². The molecular formula is C21H24N6OS. The van der Waals surface area contributed by atoms with Crippen LogP contribution in [0.15, 0.2) is 36.0 Å². The highest BCUT2D eigenvalue weighted by atomic mass is 32.1. The van der Waals surface area contributed by atoms with Crippen molar-refractivity contribution in [2.75, 3.05) is 31.1 Å². The van der Waals surface area contributed by atoms with Gasteiger partial charge in [-0.1, -0.05) is 6.07 Å². The number of thiophene rings is 1. The van der Waals surface area contributed by atoms with Gasteiger partial charge in [-0.25, -0.2) is 15.0 Å². The largest absolute Gasteiger partial charge is 0.353 e. The summed E-state index contributed by atoms with van der Waals surface area (Å²) in [6.45, 7) is 8.77. The number of aryl methyl sites for hydroxylation is 2. The molecule has 3 aromatic rings. The maximum Gasteiger partial charge on any atom is 0.246 e. The van der Waals surface area contributed by atoms with Crippen LogP contribution in [0.25, 0.3) is 11.9 Å². The van der Waals surface area contributed by atoms with Gasteiger partial charge >= 0.3 is 0 Å². The molecule has 0 N–H and O–H groups in total. The van der Waals surface area contributed by atoms with Gasteiger partial charge in [-0.2, -0.15) is 0 Å². The number of imidazole rings is 1. The summed E-state index contributed by atoms with van der Waals surface area (Å²) >= 11 is 1.63. The minimum Gasteiger partial charge on any atom is -0.353 e. The molecule has 3 aromatic heterocycles. The maximum absolute atomic E-state index is 12.5. The Morgan fingerprint density at radius 3 is 2.52 bits per heavy atom. The van der Waals surface area contributed by atoms with Gasteiger partial charge in [0.15, 0.2) is 0 Å². The van der Waals surface area contributed by atoms with Crippen molar-refractivity contribution in [1.82, 2.24) is 24.4 Å². The Balaban J connectivity index is 1.44. The normalized spacial score (nSPS) is 14.7. The van der Waals surface area contributed by atoms with Gasteiger partial charge in [0.05, 0.1) is 5.69 Å². The summed E-state index contributed by atoms with van der Waals surface area (Å²) in [5.74, 6) is 2.49. The van der Waals surface area contributed by atoms with E-state index in [1.165, 1.54) is 0 Å². The standard InChI is InChI=1S/C21H24N6OS/c1-15-16(2)27(14-22-15)20-13-19(23-17(3)24-20)25-8-10-26(11-9-25)21(28)7-6-18-5-4-12-29-18/h4-7,12-14H,8-11H2,1-3H3/b7-6+. The third kappa shape index (κ3) is 4.22. The molecule has 8 heteroatoms. The van der Waals surface area contributed by atoms with E-state index in [0.29, 0.717) is 13.1 Å². The zero-order chi connectivity index (χ0) is 20.4. The molecule has 1 fully saturated rings. The highest BCUT2D eigenvalue weighted by Gasteiger charge is 2.21. The van der Waals surface area contributed by atoms with E-state index in [-0.39, 0.29) is 5.91 Å². The number of hydrogen-bond acceptors (Lipinski definition) is 6. The predicted molar refractivity (Wildman–Crippen MR) is 116 cm³/mol. The minimum atomic E-state index is 0.0575. The third-order valence-corrected chi connectivity index (χ3v) is 6.00. The van der Waals surface area contributed by atoms with Crippen LogP contribution in [0.4, 0.5) is 5.82 Å². The molecule has 1 aliphatic heterocycles. The van der Waals surface area contributed by atoms with Crippen LogP contribution in [0, 0.1) is 20.8 Å². The molecule has 0 saturated carbocycles. The molecule has 29 heavy (non-hydrogen) atoms. The van der Waals surface area contributed by atoms with E-state index >= 15 is 0 Å². The fraction of sp³-hybridized carbons (Fsp3) is 0.333. The van der Waals surface area contributed by atoms with Gasteiger partial charge in [-0.3, -0.25) is 9.36 Å². The van der Waals surface area contributed by atoms with E-state index < -0.39 is 0 Å². The van der Waals surface area contributed by atoms with Gasteiger partial charge < -0.3 is 9.80 Å². The van der Waals surface area contributed by atoms with E-state index in [1.54, 1.807) is 23.7 Å². The van der Waals surface area contributed by atoms with Crippen molar-refractivity contribution in [3.8, 4) is 5.82 Å². The molecular weight excluding hydrogens is 384 g/mol. The van der Waals surface area contributed by atoms with Crippen molar-refractivity contribution in [1.29, 1.82) is 0 Å². The number of carbonyl (C=O) groups excluding carboxylic acids is 1. The molecule has 0 bridgehead atoms. The van der Waals surface area contributed by atoms with Crippen LogP contribution in [-0.2, 0) is 4.79 Å². The molecule has 4 heterocycles. The molecule has 1 saturated heterocycles. The van der Waals surface area contributed by atoms with Gasteiger partial charge in [-0.15, -0.1) is 11.3 Å². The van der Waals surface area contributed by atoms with Crippen LogP contribution in [0.3, 0.4) is 0 Å². The number of piperazine rings is 1. The average Bonchev–Trinajstić information content (AvgIpc) is 3.36. The summed E-state index contributed by atoms with van der Waals surface area (Å²) in [6, 6.07) is 5.98. The van der Waals surface area contributed by atoms with Gasteiger partial charge in [0.1, 0.15) is 23.8 Å². The molecule has 1 amide bonds. The molecule has 4 rings (SSSR count). The van der Waals surface area contributed by atoms with Crippen molar-refractivity contribution in [2.24, 2.45) is 0 Å². The number of hydrogen-bond donors (Lipinski definition) is 0. The number of anilines is 1. The Morgan fingerprint density at radius 1 is 1.10 bits per heavy atom. The third-order valence-electron chi connectivity index (χ3n) is 5.16. The van der Waals surface area contributed by atoms with E-state index in [4.69, 9.17) is 0 Å². The zero-order valence-corrected chi connectivity index (χ0v) is 17.7. The molecule has 1 aliphatic rings. The van der Waals surface area contributed by atoms with E-state index in [1.807, 2.05) is 59.9 Å². The monoisotopic (exact) mass is 408 g/mol. The first kappa shape index (κ1) is 19.3. The summed E-state index contributed by atoms with van der Waals surface area (Å²) in [4.78, 5) is 31.2. The van der Waals surface area contributed by atoms with Gasteiger partial charge in [0, 0.05) is 48.9 Å². The summed E-state index contributed by atoms with van der Waals surface area (Å²) in [7, 11) is 0. The summed E-state index contributed by atoms with van der Waals surface area (Å²) < 4.78 is 1.99. The zero-order valence-electron chi connectivity index (χ0n) is 16.9. The summed E-state index contributed by atoms with van der Waals surface area (Å²) in [5, 5.41) is 2.01. The second-order valence-corrected chi connectivity index (χ2v) is 8.06.